The Labute approximate surface area is 139 Å². The average Bonchev–Trinajstić information content (AvgIpc) is 2.62. The minimum atomic E-state index is -0.228. The molecule has 0 aromatic heterocycles. The quantitative estimate of drug-likeness (QED) is 0.544. The Morgan fingerprint density at radius 1 is 0.708 bits per heavy atom. The molecule has 1 aliphatic carbocycles. The summed E-state index contributed by atoms with van der Waals surface area (Å²) in [5.41, 5.74) is 2.38. The first-order chi connectivity index (χ1) is 11.7. The first kappa shape index (κ1) is 16.2. The summed E-state index contributed by atoms with van der Waals surface area (Å²) < 4.78 is 0. The minimum Gasteiger partial charge on any atom is -0.395 e. The van der Waals surface area contributed by atoms with Crippen LogP contribution in [-0.2, 0) is 0 Å². The van der Waals surface area contributed by atoms with Crippen LogP contribution < -0.4 is 10.6 Å². The number of hydrogen-bond acceptors (Lipinski definition) is 6. The van der Waals surface area contributed by atoms with Crippen molar-refractivity contribution in [3.63, 3.8) is 0 Å². The summed E-state index contributed by atoms with van der Waals surface area (Å²) >= 11 is 0. The zero-order valence-electron chi connectivity index (χ0n) is 13.0. The van der Waals surface area contributed by atoms with Crippen LogP contribution in [0.25, 0.3) is 0 Å². The number of carbonyl (C=O) groups is 2. The van der Waals surface area contributed by atoms with Gasteiger partial charge in [-0.15, -0.1) is 0 Å². The largest absolute Gasteiger partial charge is 0.395 e. The van der Waals surface area contributed by atoms with Crippen LogP contribution >= 0.6 is 0 Å². The van der Waals surface area contributed by atoms with E-state index in [2.05, 4.69) is 10.6 Å². The summed E-state index contributed by atoms with van der Waals surface area (Å²) in [5.74, 6) is -0.457. The van der Waals surface area contributed by atoms with Gasteiger partial charge in [0.25, 0.3) is 0 Å². The molecule has 0 saturated heterocycles. The van der Waals surface area contributed by atoms with Crippen LogP contribution in [0.5, 0.6) is 0 Å². The van der Waals surface area contributed by atoms with Gasteiger partial charge in [-0.2, -0.15) is 0 Å². The Hall–Kier alpha value is -2.70. The van der Waals surface area contributed by atoms with E-state index in [1.165, 1.54) is 0 Å². The summed E-state index contributed by atoms with van der Waals surface area (Å²) in [7, 11) is 0. The van der Waals surface area contributed by atoms with Crippen molar-refractivity contribution < 1.29 is 19.8 Å². The van der Waals surface area contributed by atoms with Crippen LogP contribution in [0.2, 0.25) is 0 Å². The number of aliphatic hydroxyl groups is 2. The number of rotatable bonds is 6. The molecule has 0 bridgehead atoms. The van der Waals surface area contributed by atoms with Crippen molar-refractivity contribution in [1.29, 1.82) is 0 Å². The molecule has 124 valence electrons. The maximum atomic E-state index is 12.9. The van der Waals surface area contributed by atoms with Gasteiger partial charge in [-0.3, -0.25) is 9.59 Å². The van der Waals surface area contributed by atoms with Crippen LogP contribution in [0.1, 0.15) is 31.8 Å². The maximum Gasteiger partial charge on any atom is 0.196 e. The zero-order chi connectivity index (χ0) is 17.1. The third kappa shape index (κ3) is 2.66. The van der Waals surface area contributed by atoms with Gasteiger partial charge in [0.15, 0.2) is 11.6 Å². The van der Waals surface area contributed by atoms with Crippen LogP contribution in [0.3, 0.4) is 0 Å². The van der Waals surface area contributed by atoms with E-state index < -0.39 is 0 Å². The second-order valence-electron chi connectivity index (χ2n) is 5.42. The molecule has 0 fully saturated rings. The summed E-state index contributed by atoms with van der Waals surface area (Å²) in [5, 5.41) is 24.0. The molecular formula is C18H18N2O4. The van der Waals surface area contributed by atoms with Crippen molar-refractivity contribution in [1.82, 2.24) is 0 Å². The predicted octanol–water partition coefficient (Wildman–Crippen LogP) is 1.27. The van der Waals surface area contributed by atoms with Crippen molar-refractivity contribution in [2.75, 3.05) is 36.9 Å². The lowest BCUT2D eigenvalue weighted by atomic mass is 9.82. The highest BCUT2D eigenvalue weighted by Gasteiger charge is 2.33. The number of anilines is 2. The molecule has 3 rings (SSSR count). The van der Waals surface area contributed by atoms with E-state index in [1.54, 1.807) is 36.4 Å². The number of carbonyl (C=O) groups excluding carboxylic acids is 2. The van der Waals surface area contributed by atoms with E-state index in [-0.39, 0.29) is 37.9 Å². The van der Waals surface area contributed by atoms with E-state index in [0.29, 0.717) is 33.6 Å². The molecule has 0 atom stereocenters. The summed E-state index contributed by atoms with van der Waals surface area (Å²) in [6.07, 6.45) is 0. The fraction of sp³-hybridized carbons (Fsp3) is 0.222. The van der Waals surface area contributed by atoms with E-state index >= 15 is 0 Å². The van der Waals surface area contributed by atoms with Gasteiger partial charge < -0.3 is 20.8 Å². The highest BCUT2D eigenvalue weighted by molar-refractivity contribution is 6.31. The summed E-state index contributed by atoms with van der Waals surface area (Å²) in [4.78, 5) is 25.9. The molecule has 2 aromatic carbocycles. The van der Waals surface area contributed by atoms with E-state index in [1.807, 2.05) is 0 Å². The normalized spacial score (nSPS) is 12.6. The molecular weight excluding hydrogens is 308 g/mol. The number of fused-ring (bicyclic) bond motifs is 2. The van der Waals surface area contributed by atoms with E-state index in [0.717, 1.165) is 0 Å². The lowest BCUT2D eigenvalue weighted by Gasteiger charge is -2.23. The lowest BCUT2D eigenvalue weighted by molar-refractivity contribution is 0.0980. The number of aliphatic hydroxyl groups excluding tert-OH is 2. The van der Waals surface area contributed by atoms with E-state index in [9.17, 15) is 9.59 Å². The van der Waals surface area contributed by atoms with Crippen LogP contribution in [0.15, 0.2) is 36.4 Å². The molecule has 0 spiro atoms. The highest BCUT2D eigenvalue weighted by atomic mass is 16.3. The van der Waals surface area contributed by atoms with Gasteiger partial charge in [0, 0.05) is 35.6 Å². The Bertz CT molecular complexity index is 736. The molecule has 24 heavy (non-hydrogen) atoms. The zero-order valence-corrected chi connectivity index (χ0v) is 13.0. The van der Waals surface area contributed by atoms with Gasteiger partial charge in [-0.05, 0) is 12.1 Å². The van der Waals surface area contributed by atoms with Crippen molar-refractivity contribution in [2.24, 2.45) is 0 Å². The Kier molecular flexibility index (Phi) is 4.59. The number of ketones is 2. The smallest absolute Gasteiger partial charge is 0.196 e. The molecule has 2 aromatic rings. The van der Waals surface area contributed by atoms with Crippen LogP contribution in [0, 0.1) is 0 Å². The Balaban J connectivity index is 2.18. The van der Waals surface area contributed by atoms with Crippen molar-refractivity contribution in [3.8, 4) is 0 Å². The second kappa shape index (κ2) is 6.82. The monoisotopic (exact) mass is 326 g/mol. The molecule has 6 nitrogen and oxygen atoms in total. The summed E-state index contributed by atoms with van der Waals surface area (Å²) in [6, 6.07) is 10.1. The van der Waals surface area contributed by atoms with Gasteiger partial charge in [0.05, 0.1) is 24.3 Å². The molecule has 0 amide bonds. The lowest BCUT2D eigenvalue weighted by Crippen LogP contribution is -2.25. The van der Waals surface area contributed by atoms with Crippen LogP contribution in [0.4, 0.5) is 11.4 Å². The highest BCUT2D eigenvalue weighted by Crippen LogP contribution is 2.36. The Morgan fingerprint density at radius 3 is 1.50 bits per heavy atom. The molecule has 0 saturated carbocycles. The molecule has 1 aliphatic rings. The van der Waals surface area contributed by atoms with Crippen molar-refractivity contribution in [2.45, 2.75) is 0 Å². The third-order valence-electron chi connectivity index (χ3n) is 3.93. The Morgan fingerprint density at radius 2 is 1.12 bits per heavy atom. The number of nitrogens with one attached hydrogen (secondary N) is 2. The second-order valence-corrected chi connectivity index (χ2v) is 5.42. The standard InChI is InChI=1S/C18H18N2O4/c21-9-7-19-13-5-6-14(20-8-10-22)16-15(13)17(23)11-3-1-2-4-12(11)18(16)24/h1-6,19-22H,7-10H2. The van der Waals surface area contributed by atoms with Gasteiger partial charge in [-0.25, -0.2) is 0 Å². The van der Waals surface area contributed by atoms with Gasteiger partial charge in [0.1, 0.15) is 0 Å². The molecule has 0 unspecified atom stereocenters. The SMILES string of the molecule is O=C1c2ccccc2C(=O)c2c(NCCO)ccc(NCCO)c21. The predicted molar refractivity (Wildman–Crippen MR) is 90.9 cm³/mol. The number of hydrogen-bond donors (Lipinski definition) is 4. The topological polar surface area (TPSA) is 98.7 Å². The number of benzene rings is 2. The fourth-order valence-electron chi connectivity index (χ4n) is 2.90. The maximum absolute atomic E-state index is 12.9. The van der Waals surface area contributed by atoms with Gasteiger partial charge in [0.2, 0.25) is 0 Å². The summed E-state index contributed by atoms with van der Waals surface area (Å²) in [6.45, 7) is 0.383. The van der Waals surface area contributed by atoms with Gasteiger partial charge >= 0.3 is 0 Å². The van der Waals surface area contributed by atoms with Crippen molar-refractivity contribution >= 4 is 22.9 Å². The average molecular weight is 326 g/mol. The van der Waals surface area contributed by atoms with Crippen molar-refractivity contribution in [3.05, 3.63) is 58.7 Å². The molecule has 0 radical (unpaired) electrons. The molecule has 4 N–H and O–H groups in total. The first-order valence-electron chi connectivity index (χ1n) is 7.74. The molecule has 0 heterocycles. The fourth-order valence-corrected chi connectivity index (χ4v) is 2.90. The van der Waals surface area contributed by atoms with E-state index in [4.69, 9.17) is 10.2 Å². The van der Waals surface area contributed by atoms with Crippen LogP contribution in [-0.4, -0.2) is 48.1 Å². The molecule has 0 aliphatic heterocycles. The first-order valence-corrected chi connectivity index (χ1v) is 7.74. The molecule has 6 heteroatoms. The van der Waals surface area contributed by atoms with Gasteiger partial charge in [-0.1, -0.05) is 24.3 Å². The third-order valence-corrected chi connectivity index (χ3v) is 3.93. The minimum absolute atomic E-state index is 0.0853.